The minimum atomic E-state index is -4.16. The largest absolute Gasteiger partial charge is 0.393 e. The van der Waals surface area contributed by atoms with Crippen molar-refractivity contribution in [3.05, 3.63) is 0 Å². The zero-order valence-electron chi connectivity index (χ0n) is 11.4. The summed E-state index contributed by atoms with van der Waals surface area (Å²) < 4.78 is 38.9. The normalized spacial score (nSPS) is 30.2. The highest BCUT2D eigenvalue weighted by atomic mass is 19.4. The lowest BCUT2D eigenvalue weighted by atomic mass is 9.81. The molecular formula is C13H24F3NO. The average Bonchev–Trinajstić information content (AvgIpc) is 2.23. The van der Waals surface area contributed by atoms with Crippen molar-refractivity contribution in [1.29, 1.82) is 0 Å². The van der Waals surface area contributed by atoms with Gasteiger partial charge in [-0.15, -0.1) is 0 Å². The van der Waals surface area contributed by atoms with Crippen molar-refractivity contribution >= 4 is 0 Å². The number of alkyl halides is 3. The third kappa shape index (κ3) is 4.43. The fourth-order valence-electron chi connectivity index (χ4n) is 2.62. The molecule has 108 valence electrons. The van der Waals surface area contributed by atoms with E-state index in [9.17, 15) is 18.3 Å². The summed E-state index contributed by atoms with van der Waals surface area (Å²) in [6.07, 6.45) is -3.32. The summed E-state index contributed by atoms with van der Waals surface area (Å²) in [5, 5.41) is 9.60. The maximum Gasteiger partial charge on any atom is 0.393 e. The molecule has 0 spiro atoms. The summed E-state index contributed by atoms with van der Waals surface area (Å²) in [4.78, 5) is 1.78. The minimum absolute atomic E-state index is 0.0430. The standard InChI is InChI=1S/C13H24F3NO/c1-9(2)6-7-17(3)12-8-10(18)4-5-11(12)13(14,15)16/h9-12,18H,4-8H2,1-3H3. The third-order valence-corrected chi connectivity index (χ3v) is 3.83. The van der Waals surface area contributed by atoms with Crippen molar-refractivity contribution in [1.82, 2.24) is 4.90 Å². The number of hydrogen-bond donors (Lipinski definition) is 1. The Morgan fingerprint density at radius 2 is 1.89 bits per heavy atom. The van der Waals surface area contributed by atoms with Crippen LogP contribution in [0.25, 0.3) is 0 Å². The Hall–Kier alpha value is -0.290. The van der Waals surface area contributed by atoms with Gasteiger partial charge in [-0.05, 0) is 45.2 Å². The molecule has 0 aromatic heterocycles. The second-order valence-electron chi connectivity index (χ2n) is 5.85. The monoisotopic (exact) mass is 267 g/mol. The zero-order valence-corrected chi connectivity index (χ0v) is 11.4. The van der Waals surface area contributed by atoms with Crippen LogP contribution in [0.5, 0.6) is 0 Å². The molecule has 1 aliphatic carbocycles. The lowest BCUT2D eigenvalue weighted by Crippen LogP contribution is -2.49. The summed E-state index contributed by atoms with van der Waals surface area (Å²) in [5.74, 6) is -0.816. The van der Waals surface area contributed by atoms with Crippen LogP contribution in [-0.4, -0.2) is 41.9 Å². The van der Waals surface area contributed by atoms with E-state index in [1.165, 1.54) is 0 Å². The van der Waals surface area contributed by atoms with Crippen LogP contribution >= 0.6 is 0 Å². The minimum Gasteiger partial charge on any atom is -0.393 e. The highest BCUT2D eigenvalue weighted by Gasteiger charge is 2.48. The average molecular weight is 267 g/mol. The molecule has 0 bridgehead atoms. The Morgan fingerprint density at radius 3 is 2.39 bits per heavy atom. The van der Waals surface area contributed by atoms with Gasteiger partial charge in [0, 0.05) is 6.04 Å². The smallest absolute Gasteiger partial charge is 0.393 e. The van der Waals surface area contributed by atoms with Crippen molar-refractivity contribution in [2.75, 3.05) is 13.6 Å². The second-order valence-corrected chi connectivity index (χ2v) is 5.85. The quantitative estimate of drug-likeness (QED) is 0.846. The van der Waals surface area contributed by atoms with Gasteiger partial charge in [0.25, 0.3) is 0 Å². The molecule has 3 atom stereocenters. The van der Waals surface area contributed by atoms with Crippen LogP contribution in [0, 0.1) is 11.8 Å². The first-order chi connectivity index (χ1) is 8.21. The van der Waals surface area contributed by atoms with Gasteiger partial charge in [0.2, 0.25) is 0 Å². The van der Waals surface area contributed by atoms with Gasteiger partial charge in [-0.25, -0.2) is 0 Å². The van der Waals surface area contributed by atoms with Crippen LogP contribution in [-0.2, 0) is 0 Å². The molecule has 1 rings (SSSR count). The molecular weight excluding hydrogens is 243 g/mol. The predicted octanol–water partition coefficient (Wildman–Crippen LogP) is 3.06. The Balaban J connectivity index is 2.66. The Morgan fingerprint density at radius 1 is 1.28 bits per heavy atom. The molecule has 0 aromatic rings. The molecule has 0 aliphatic heterocycles. The molecule has 1 fully saturated rings. The summed E-state index contributed by atoms with van der Waals surface area (Å²) in [7, 11) is 1.74. The summed E-state index contributed by atoms with van der Waals surface area (Å²) >= 11 is 0. The Labute approximate surface area is 107 Å². The maximum atomic E-state index is 13.0. The Bertz CT molecular complexity index is 255. The van der Waals surface area contributed by atoms with Gasteiger partial charge in [-0.1, -0.05) is 13.8 Å². The molecule has 1 N–H and O–H groups in total. The first-order valence-electron chi connectivity index (χ1n) is 6.66. The molecule has 0 heterocycles. The van der Waals surface area contributed by atoms with E-state index in [0.29, 0.717) is 12.5 Å². The lowest BCUT2D eigenvalue weighted by molar-refractivity contribution is -0.203. The van der Waals surface area contributed by atoms with Crippen LogP contribution in [0.15, 0.2) is 0 Å². The van der Waals surface area contributed by atoms with Gasteiger partial charge < -0.3 is 10.0 Å². The number of aliphatic hydroxyl groups is 1. The van der Waals surface area contributed by atoms with Gasteiger partial charge in [-0.3, -0.25) is 0 Å². The van der Waals surface area contributed by atoms with Crippen LogP contribution in [0.1, 0.15) is 39.5 Å². The SMILES string of the molecule is CC(C)CCN(C)C1CC(O)CCC1C(F)(F)F. The molecule has 18 heavy (non-hydrogen) atoms. The predicted molar refractivity (Wildman–Crippen MR) is 65.3 cm³/mol. The first-order valence-corrected chi connectivity index (χ1v) is 6.66. The van der Waals surface area contributed by atoms with Crippen molar-refractivity contribution < 1.29 is 18.3 Å². The van der Waals surface area contributed by atoms with Gasteiger partial charge in [0.15, 0.2) is 0 Å². The van der Waals surface area contributed by atoms with Crippen LogP contribution in [0.2, 0.25) is 0 Å². The first kappa shape index (κ1) is 15.8. The van der Waals surface area contributed by atoms with E-state index in [1.54, 1.807) is 11.9 Å². The maximum absolute atomic E-state index is 13.0. The molecule has 1 saturated carbocycles. The number of aliphatic hydroxyl groups excluding tert-OH is 1. The van der Waals surface area contributed by atoms with Crippen LogP contribution in [0.3, 0.4) is 0 Å². The van der Waals surface area contributed by atoms with Crippen molar-refractivity contribution in [2.24, 2.45) is 11.8 Å². The molecule has 0 radical (unpaired) electrons. The second kappa shape index (κ2) is 6.24. The van der Waals surface area contributed by atoms with E-state index >= 15 is 0 Å². The zero-order chi connectivity index (χ0) is 13.9. The molecule has 0 aromatic carbocycles. The van der Waals surface area contributed by atoms with Crippen molar-refractivity contribution in [3.63, 3.8) is 0 Å². The topological polar surface area (TPSA) is 23.5 Å². The van der Waals surface area contributed by atoms with E-state index in [1.807, 2.05) is 0 Å². The van der Waals surface area contributed by atoms with Crippen molar-refractivity contribution in [3.8, 4) is 0 Å². The Kier molecular flexibility index (Phi) is 5.46. The highest BCUT2D eigenvalue weighted by Crippen LogP contribution is 2.39. The van der Waals surface area contributed by atoms with Gasteiger partial charge >= 0.3 is 6.18 Å². The van der Waals surface area contributed by atoms with Gasteiger partial charge in [0.1, 0.15) is 0 Å². The molecule has 0 amide bonds. The van der Waals surface area contributed by atoms with E-state index < -0.39 is 24.2 Å². The fraction of sp³-hybridized carbons (Fsp3) is 1.00. The van der Waals surface area contributed by atoms with E-state index in [0.717, 1.165) is 6.42 Å². The van der Waals surface area contributed by atoms with Crippen LogP contribution < -0.4 is 0 Å². The molecule has 2 nitrogen and oxygen atoms in total. The fourth-order valence-corrected chi connectivity index (χ4v) is 2.62. The van der Waals surface area contributed by atoms with Crippen molar-refractivity contribution in [2.45, 2.75) is 57.9 Å². The van der Waals surface area contributed by atoms with Crippen LogP contribution in [0.4, 0.5) is 13.2 Å². The van der Waals surface area contributed by atoms with Gasteiger partial charge in [-0.2, -0.15) is 13.2 Å². The molecule has 0 saturated heterocycles. The van der Waals surface area contributed by atoms with Gasteiger partial charge in [0.05, 0.1) is 12.0 Å². The summed E-state index contributed by atoms with van der Waals surface area (Å²) in [5.41, 5.74) is 0. The summed E-state index contributed by atoms with van der Waals surface area (Å²) in [6, 6.07) is -0.576. The highest BCUT2D eigenvalue weighted by molar-refractivity contribution is 4.89. The number of halogens is 3. The molecule has 1 aliphatic rings. The molecule has 5 heteroatoms. The van der Waals surface area contributed by atoms with E-state index in [2.05, 4.69) is 13.8 Å². The lowest BCUT2D eigenvalue weighted by Gasteiger charge is -2.40. The van der Waals surface area contributed by atoms with E-state index in [-0.39, 0.29) is 19.3 Å². The number of rotatable bonds is 4. The van der Waals surface area contributed by atoms with E-state index in [4.69, 9.17) is 0 Å². The molecule has 3 unspecified atom stereocenters. The number of nitrogens with zero attached hydrogens (tertiary/aromatic N) is 1. The third-order valence-electron chi connectivity index (χ3n) is 3.83. The summed E-state index contributed by atoms with van der Waals surface area (Å²) in [6.45, 7) is 4.78. The number of hydrogen-bond acceptors (Lipinski definition) is 2.